The van der Waals surface area contributed by atoms with E-state index in [9.17, 15) is 4.79 Å². The van der Waals surface area contributed by atoms with Crippen molar-refractivity contribution in [1.82, 2.24) is 0 Å². The first kappa shape index (κ1) is 12.1. The largest absolute Gasteiger partial charge is 0.478 e. The predicted octanol–water partition coefficient (Wildman–Crippen LogP) is 2.27. The van der Waals surface area contributed by atoms with Gasteiger partial charge in [-0.25, -0.2) is 4.79 Å². The van der Waals surface area contributed by atoms with Crippen LogP contribution in [-0.4, -0.2) is 28.6 Å². The Hall–Kier alpha value is -1.36. The van der Waals surface area contributed by atoms with Crippen LogP contribution in [-0.2, 0) is 0 Å². The van der Waals surface area contributed by atoms with Crippen molar-refractivity contribution in [2.45, 2.75) is 18.9 Å². The summed E-state index contributed by atoms with van der Waals surface area (Å²) in [5.74, 6) is 1.35. The zero-order valence-electron chi connectivity index (χ0n) is 9.48. The van der Waals surface area contributed by atoms with E-state index in [0.29, 0.717) is 11.7 Å². The molecule has 0 saturated carbocycles. The van der Waals surface area contributed by atoms with Crippen LogP contribution < -0.4 is 11.1 Å². The van der Waals surface area contributed by atoms with E-state index in [4.69, 9.17) is 10.8 Å². The summed E-state index contributed by atoms with van der Waals surface area (Å²) < 4.78 is 0. The molecule has 92 valence electrons. The normalized spacial score (nSPS) is 16.7. The maximum Gasteiger partial charge on any atom is 0.337 e. The van der Waals surface area contributed by atoms with Crippen molar-refractivity contribution in [3.05, 3.63) is 23.8 Å². The molecule has 1 saturated heterocycles. The molecule has 1 aliphatic rings. The van der Waals surface area contributed by atoms with Crippen LogP contribution >= 0.6 is 11.8 Å². The van der Waals surface area contributed by atoms with Gasteiger partial charge in [-0.1, -0.05) is 0 Å². The number of thioether (sulfide) groups is 1. The zero-order valence-corrected chi connectivity index (χ0v) is 10.3. The Bertz CT molecular complexity index is 417. The number of carboxylic acids is 1. The number of rotatable bonds is 3. The lowest BCUT2D eigenvalue weighted by Crippen LogP contribution is -2.24. The van der Waals surface area contributed by atoms with Gasteiger partial charge in [0.2, 0.25) is 0 Å². The molecule has 1 aliphatic heterocycles. The molecule has 5 heteroatoms. The molecule has 1 fully saturated rings. The number of nitrogens with two attached hydrogens (primary N) is 1. The van der Waals surface area contributed by atoms with Gasteiger partial charge in [0.05, 0.1) is 5.56 Å². The van der Waals surface area contributed by atoms with Crippen LogP contribution in [0.15, 0.2) is 18.2 Å². The summed E-state index contributed by atoms with van der Waals surface area (Å²) in [6.45, 7) is 0. The summed E-state index contributed by atoms with van der Waals surface area (Å²) in [6.07, 6.45) is 2.24. The smallest absolute Gasteiger partial charge is 0.337 e. The SMILES string of the molecule is Nc1ccc(NC2CCSCC2)cc1C(=O)O. The summed E-state index contributed by atoms with van der Waals surface area (Å²) in [7, 11) is 0. The van der Waals surface area contributed by atoms with Crippen molar-refractivity contribution >= 4 is 29.1 Å². The molecule has 0 atom stereocenters. The number of hydrogen-bond donors (Lipinski definition) is 3. The quantitative estimate of drug-likeness (QED) is 0.719. The average Bonchev–Trinajstić information content (AvgIpc) is 2.32. The highest BCUT2D eigenvalue weighted by Crippen LogP contribution is 2.23. The maximum atomic E-state index is 11.0. The summed E-state index contributed by atoms with van der Waals surface area (Å²) >= 11 is 1.97. The van der Waals surface area contributed by atoms with E-state index in [2.05, 4.69) is 5.32 Å². The summed E-state index contributed by atoms with van der Waals surface area (Å²) in [4.78, 5) is 11.0. The first-order chi connectivity index (χ1) is 8.16. The molecular weight excluding hydrogens is 236 g/mol. The first-order valence-corrected chi connectivity index (χ1v) is 6.79. The molecule has 1 aromatic rings. The van der Waals surface area contributed by atoms with Crippen molar-refractivity contribution in [2.75, 3.05) is 22.6 Å². The Morgan fingerprint density at radius 1 is 1.41 bits per heavy atom. The highest BCUT2D eigenvalue weighted by Gasteiger charge is 2.14. The van der Waals surface area contributed by atoms with E-state index < -0.39 is 5.97 Å². The maximum absolute atomic E-state index is 11.0. The fraction of sp³-hybridized carbons (Fsp3) is 0.417. The highest BCUT2D eigenvalue weighted by atomic mass is 32.2. The van der Waals surface area contributed by atoms with Crippen molar-refractivity contribution in [3.8, 4) is 0 Å². The lowest BCUT2D eigenvalue weighted by molar-refractivity contribution is 0.0698. The Morgan fingerprint density at radius 2 is 2.12 bits per heavy atom. The summed E-state index contributed by atoms with van der Waals surface area (Å²) in [5.41, 5.74) is 6.93. The molecule has 2 rings (SSSR count). The minimum Gasteiger partial charge on any atom is -0.478 e. The van der Waals surface area contributed by atoms with Crippen molar-refractivity contribution in [2.24, 2.45) is 0 Å². The van der Waals surface area contributed by atoms with Crippen LogP contribution in [0.2, 0.25) is 0 Å². The summed E-state index contributed by atoms with van der Waals surface area (Å²) in [6, 6.07) is 5.54. The Labute approximate surface area is 105 Å². The van der Waals surface area contributed by atoms with Gasteiger partial charge in [0.25, 0.3) is 0 Å². The molecule has 0 aromatic heterocycles. The molecule has 0 amide bonds. The second-order valence-corrected chi connectivity index (χ2v) is 5.36. The molecule has 4 N–H and O–H groups in total. The molecule has 0 bridgehead atoms. The number of carbonyl (C=O) groups is 1. The van der Waals surface area contributed by atoms with E-state index in [-0.39, 0.29) is 5.56 Å². The molecule has 17 heavy (non-hydrogen) atoms. The molecule has 1 aromatic carbocycles. The van der Waals surface area contributed by atoms with Gasteiger partial charge in [0.1, 0.15) is 0 Å². The lowest BCUT2D eigenvalue weighted by Gasteiger charge is -2.23. The standard InChI is InChI=1S/C12H16N2O2S/c13-11-2-1-9(7-10(11)12(15)16)14-8-3-5-17-6-4-8/h1-2,7-8,14H,3-6,13H2,(H,15,16). The lowest BCUT2D eigenvalue weighted by atomic mass is 10.1. The monoisotopic (exact) mass is 252 g/mol. The molecular formula is C12H16N2O2S. The third kappa shape index (κ3) is 3.06. The number of carboxylic acid groups (broad SMARTS) is 1. The zero-order chi connectivity index (χ0) is 12.3. The second kappa shape index (κ2) is 5.31. The minimum absolute atomic E-state index is 0.167. The second-order valence-electron chi connectivity index (χ2n) is 4.14. The fourth-order valence-electron chi connectivity index (χ4n) is 1.91. The van der Waals surface area contributed by atoms with E-state index >= 15 is 0 Å². The van der Waals surface area contributed by atoms with E-state index in [0.717, 1.165) is 18.5 Å². The number of anilines is 2. The van der Waals surface area contributed by atoms with Gasteiger partial charge in [-0.2, -0.15) is 11.8 Å². The van der Waals surface area contributed by atoms with Crippen molar-refractivity contribution < 1.29 is 9.90 Å². The van der Waals surface area contributed by atoms with Gasteiger partial charge < -0.3 is 16.2 Å². The highest BCUT2D eigenvalue weighted by molar-refractivity contribution is 7.99. The van der Waals surface area contributed by atoms with Crippen LogP contribution in [0.4, 0.5) is 11.4 Å². The van der Waals surface area contributed by atoms with Crippen LogP contribution in [0.25, 0.3) is 0 Å². The Morgan fingerprint density at radius 3 is 2.76 bits per heavy atom. The minimum atomic E-state index is -0.981. The van der Waals surface area contributed by atoms with Crippen molar-refractivity contribution in [1.29, 1.82) is 0 Å². The predicted molar refractivity (Wildman–Crippen MR) is 71.8 cm³/mol. The van der Waals surface area contributed by atoms with Crippen LogP contribution in [0, 0.1) is 0 Å². The molecule has 0 spiro atoms. The number of nitrogens with one attached hydrogen (secondary N) is 1. The topological polar surface area (TPSA) is 75.3 Å². The van der Waals surface area contributed by atoms with Crippen LogP contribution in [0.5, 0.6) is 0 Å². The molecule has 1 heterocycles. The van der Waals surface area contributed by atoms with Crippen molar-refractivity contribution in [3.63, 3.8) is 0 Å². The van der Waals surface area contributed by atoms with E-state index in [1.165, 1.54) is 11.5 Å². The Balaban J connectivity index is 2.10. The van der Waals surface area contributed by atoms with Gasteiger partial charge in [0.15, 0.2) is 0 Å². The third-order valence-electron chi connectivity index (χ3n) is 2.88. The van der Waals surface area contributed by atoms with Gasteiger partial charge >= 0.3 is 5.97 Å². The molecule has 0 radical (unpaired) electrons. The van der Waals surface area contributed by atoms with E-state index in [1.807, 2.05) is 17.8 Å². The molecule has 4 nitrogen and oxygen atoms in total. The fourth-order valence-corrected chi connectivity index (χ4v) is 3.02. The first-order valence-electron chi connectivity index (χ1n) is 5.64. The van der Waals surface area contributed by atoms with Gasteiger partial charge in [-0.15, -0.1) is 0 Å². The van der Waals surface area contributed by atoms with Gasteiger partial charge in [-0.3, -0.25) is 0 Å². The average molecular weight is 252 g/mol. The number of benzene rings is 1. The van der Waals surface area contributed by atoms with E-state index in [1.54, 1.807) is 12.1 Å². The van der Waals surface area contributed by atoms with Gasteiger partial charge in [0, 0.05) is 17.4 Å². The van der Waals surface area contributed by atoms with Gasteiger partial charge in [-0.05, 0) is 42.5 Å². The molecule has 0 aliphatic carbocycles. The summed E-state index contributed by atoms with van der Waals surface area (Å²) in [5, 5.41) is 12.4. The number of hydrogen-bond acceptors (Lipinski definition) is 4. The number of aromatic carboxylic acids is 1. The third-order valence-corrected chi connectivity index (χ3v) is 3.92. The molecule has 0 unspecified atom stereocenters. The van der Waals surface area contributed by atoms with Crippen LogP contribution in [0.3, 0.4) is 0 Å². The number of nitrogen functional groups attached to an aromatic ring is 1. The van der Waals surface area contributed by atoms with Crippen LogP contribution in [0.1, 0.15) is 23.2 Å². The Kier molecular flexibility index (Phi) is 3.78.